The Morgan fingerprint density at radius 3 is 1.73 bits per heavy atom. The molecule has 1 aromatic rings. The molecule has 2 N–H and O–H groups in total. The quantitative estimate of drug-likeness (QED) is 0.575. The largest absolute Gasteiger partial charge is 0.316 e. The summed E-state index contributed by atoms with van der Waals surface area (Å²) in [6.07, 6.45) is 6.26. The summed E-state index contributed by atoms with van der Waals surface area (Å²) in [6.45, 7) is 19.1. The minimum Gasteiger partial charge on any atom is -0.316 e. The van der Waals surface area contributed by atoms with E-state index in [9.17, 15) is 0 Å². The van der Waals surface area contributed by atoms with Gasteiger partial charge >= 0.3 is 0 Å². The molecule has 2 nitrogen and oxygen atoms in total. The summed E-state index contributed by atoms with van der Waals surface area (Å²) in [5.41, 5.74) is 6.58. The van der Waals surface area contributed by atoms with Crippen molar-refractivity contribution in [2.24, 2.45) is 11.8 Å². The molecule has 0 amide bonds. The summed E-state index contributed by atoms with van der Waals surface area (Å²) < 4.78 is 0. The van der Waals surface area contributed by atoms with Gasteiger partial charge in [0, 0.05) is 5.16 Å². The third-order valence-corrected chi connectivity index (χ3v) is 9.12. The topological polar surface area (TPSA) is 24.1 Å². The molecular weight excluding hydrogens is 402 g/mol. The van der Waals surface area contributed by atoms with E-state index < -0.39 is 0 Å². The predicted molar refractivity (Wildman–Crippen MR) is 140 cm³/mol. The Kier molecular flexibility index (Phi) is 7.78. The predicted octanol–water partition coefficient (Wildman–Crippen LogP) is 5.73. The molecule has 0 saturated carbocycles. The van der Waals surface area contributed by atoms with Crippen LogP contribution in [0.5, 0.6) is 0 Å². The second-order valence-corrected chi connectivity index (χ2v) is 13.1. The summed E-state index contributed by atoms with van der Waals surface area (Å²) >= 11 is 0. The first-order valence-electron chi connectivity index (χ1n) is 12.1. The van der Waals surface area contributed by atoms with Gasteiger partial charge in [0.05, 0.1) is 0 Å². The molecule has 2 heterocycles. The van der Waals surface area contributed by atoms with E-state index in [0.717, 1.165) is 19.3 Å². The maximum Gasteiger partial charge on any atom is 0.0183 e. The molecule has 170 valence electrons. The lowest BCUT2D eigenvalue weighted by molar-refractivity contribution is 0.190. The monoisotopic (exact) mass is 448 g/mol. The zero-order chi connectivity index (χ0) is 22.2. The van der Waals surface area contributed by atoms with E-state index in [4.69, 9.17) is 0 Å². The molecule has 3 rings (SSSR count). The van der Waals surface area contributed by atoms with Crippen LogP contribution in [0.25, 0.3) is 0 Å². The van der Waals surface area contributed by atoms with Gasteiger partial charge in [0.15, 0.2) is 0 Å². The highest BCUT2D eigenvalue weighted by molar-refractivity contribution is 7.18. The second-order valence-electron chi connectivity index (χ2n) is 11.7. The Morgan fingerprint density at radius 2 is 1.37 bits per heavy atom. The van der Waals surface area contributed by atoms with Gasteiger partial charge in [-0.3, -0.25) is 0 Å². The minimum atomic E-state index is 0.108. The summed E-state index contributed by atoms with van der Waals surface area (Å²) in [5.74, 6) is 1.32. The number of hydrogen-bond acceptors (Lipinski definition) is 2. The Hall–Kier alpha value is -0.0000000000000000555. The van der Waals surface area contributed by atoms with Crippen molar-refractivity contribution in [3.8, 4) is 0 Å². The smallest absolute Gasteiger partial charge is 0.0183 e. The van der Waals surface area contributed by atoms with Crippen LogP contribution in [-0.2, 0) is 22.1 Å². The van der Waals surface area contributed by atoms with Gasteiger partial charge in [0.25, 0.3) is 0 Å². The minimum absolute atomic E-state index is 0.108. The molecule has 0 radical (unpaired) electrons. The van der Waals surface area contributed by atoms with E-state index in [1.54, 1.807) is 11.1 Å². The Balaban J connectivity index is 2.33. The summed E-state index contributed by atoms with van der Waals surface area (Å²) in [4.78, 5) is 0. The van der Waals surface area contributed by atoms with Gasteiger partial charge in [-0.1, -0.05) is 53.7 Å². The van der Waals surface area contributed by atoms with Crippen LogP contribution in [0.3, 0.4) is 0 Å². The average molecular weight is 449 g/mol. The first-order valence-corrected chi connectivity index (χ1v) is 13.5. The second kappa shape index (κ2) is 9.47. The van der Waals surface area contributed by atoms with Crippen LogP contribution < -0.4 is 10.6 Å². The van der Waals surface area contributed by atoms with Crippen molar-refractivity contribution in [1.29, 1.82) is 0 Å². The molecule has 2 fully saturated rings. The molecule has 4 unspecified atom stereocenters. The number of hydrogen-bond donors (Lipinski definition) is 2. The highest BCUT2D eigenvalue weighted by Crippen LogP contribution is 2.55. The molecule has 2 aliphatic heterocycles. The van der Waals surface area contributed by atoms with Crippen molar-refractivity contribution in [3.63, 3.8) is 0 Å². The summed E-state index contributed by atoms with van der Waals surface area (Å²) in [7, 11) is 6.53. The van der Waals surface area contributed by atoms with Gasteiger partial charge in [0.2, 0.25) is 0 Å². The maximum absolute atomic E-state index is 3.75. The molecule has 4 atom stereocenters. The highest BCUT2D eigenvalue weighted by Gasteiger charge is 2.47. The SMILES string of the molecule is CC(C)(C)c1ccc(CP)c(C(P)(C2CCCNC2)C2CCCNC2)c1C(C)(C)C. The molecular formula is C26H46N2P2. The van der Waals surface area contributed by atoms with E-state index in [1.807, 2.05) is 0 Å². The third-order valence-electron chi connectivity index (χ3n) is 7.45. The van der Waals surface area contributed by atoms with Crippen LogP contribution in [0.1, 0.15) is 89.5 Å². The number of piperidine rings is 2. The zero-order valence-electron chi connectivity index (χ0n) is 20.3. The zero-order valence-corrected chi connectivity index (χ0v) is 22.6. The van der Waals surface area contributed by atoms with Crippen LogP contribution >= 0.6 is 18.5 Å². The van der Waals surface area contributed by atoms with Crippen molar-refractivity contribution in [1.82, 2.24) is 10.6 Å². The fraction of sp³-hybridized carbons (Fsp3) is 0.769. The lowest BCUT2D eigenvalue weighted by Crippen LogP contribution is -2.50. The number of benzene rings is 1. The maximum atomic E-state index is 3.75. The molecule has 2 saturated heterocycles. The van der Waals surface area contributed by atoms with Crippen molar-refractivity contribution in [2.75, 3.05) is 26.2 Å². The Bertz CT molecular complexity index is 700. The van der Waals surface area contributed by atoms with Crippen molar-refractivity contribution in [2.45, 2.75) is 89.4 Å². The third kappa shape index (κ3) is 4.83. The Labute approximate surface area is 190 Å². The van der Waals surface area contributed by atoms with Crippen molar-refractivity contribution < 1.29 is 0 Å². The van der Waals surface area contributed by atoms with Gasteiger partial charge in [-0.05, 0) is 103 Å². The van der Waals surface area contributed by atoms with Crippen LogP contribution in [0.4, 0.5) is 0 Å². The van der Waals surface area contributed by atoms with Crippen molar-refractivity contribution >= 4 is 18.5 Å². The van der Waals surface area contributed by atoms with Crippen LogP contribution in [0, 0.1) is 11.8 Å². The van der Waals surface area contributed by atoms with Gasteiger partial charge in [-0.2, -0.15) is 0 Å². The van der Waals surface area contributed by atoms with Gasteiger partial charge in [-0.25, -0.2) is 0 Å². The standard InChI is InChI=1S/C26H46N2P2/c1-24(2,3)21-12-11-18(17-29)22(23(21)25(4,5)6)26(30,19-9-7-13-27-15-19)20-10-8-14-28-16-20/h11-12,19-20,27-28H,7-10,13-17,29-30H2,1-6H3. The molecule has 0 aliphatic carbocycles. The molecule has 1 aromatic carbocycles. The summed E-state index contributed by atoms with van der Waals surface area (Å²) in [6, 6.07) is 4.89. The fourth-order valence-electron chi connectivity index (χ4n) is 5.98. The average Bonchev–Trinajstić information content (AvgIpc) is 2.72. The first-order chi connectivity index (χ1) is 14.0. The van der Waals surface area contributed by atoms with Gasteiger partial charge < -0.3 is 10.6 Å². The fourth-order valence-corrected chi connectivity index (χ4v) is 7.21. The molecule has 0 spiro atoms. The number of nitrogens with one attached hydrogen (secondary N) is 2. The van der Waals surface area contributed by atoms with Crippen LogP contribution in [0.15, 0.2) is 12.1 Å². The molecule has 0 aromatic heterocycles. The van der Waals surface area contributed by atoms with Crippen molar-refractivity contribution in [3.05, 3.63) is 34.4 Å². The summed E-state index contributed by atoms with van der Waals surface area (Å²) in [5, 5.41) is 7.61. The van der Waals surface area contributed by atoms with E-state index in [1.165, 1.54) is 49.9 Å². The molecule has 0 bridgehead atoms. The van der Waals surface area contributed by atoms with E-state index in [0.29, 0.717) is 11.8 Å². The van der Waals surface area contributed by atoms with E-state index in [2.05, 4.69) is 82.8 Å². The van der Waals surface area contributed by atoms with Crippen LogP contribution in [0.2, 0.25) is 0 Å². The molecule has 2 aliphatic rings. The Morgan fingerprint density at radius 1 is 0.833 bits per heavy atom. The van der Waals surface area contributed by atoms with Gasteiger partial charge in [-0.15, -0.1) is 18.5 Å². The normalized spacial score (nSPS) is 25.7. The highest BCUT2D eigenvalue weighted by atomic mass is 31.0. The van der Waals surface area contributed by atoms with Gasteiger partial charge in [0.1, 0.15) is 0 Å². The van der Waals surface area contributed by atoms with E-state index in [-0.39, 0.29) is 16.0 Å². The van der Waals surface area contributed by atoms with E-state index >= 15 is 0 Å². The lowest BCUT2D eigenvalue weighted by Gasteiger charge is -2.51. The van der Waals surface area contributed by atoms with Crippen LogP contribution in [-0.4, -0.2) is 26.2 Å². The lowest BCUT2D eigenvalue weighted by atomic mass is 9.63. The first kappa shape index (κ1) is 24.6. The number of rotatable bonds is 4. The molecule has 4 heteroatoms. The molecule has 30 heavy (non-hydrogen) atoms.